The zero-order valence-electron chi connectivity index (χ0n) is 6.31. The molecule has 0 aromatic carbocycles. The molecule has 0 unspecified atom stereocenters. The van der Waals surface area contributed by atoms with E-state index in [1.54, 1.807) is 0 Å². The topological polar surface area (TPSA) is 26.3 Å². The summed E-state index contributed by atoms with van der Waals surface area (Å²) in [4.78, 5) is 10.8. The monoisotopic (exact) mass is 172 g/mol. The molecule has 0 aliphatic carbocycles. The first kappa shape index (κ1) is 13.3. The Bertz CT molecular complexity index is 93.6. The van der Waals surface area contributed by atoms with Gasteiger partial charge in [0.25, 0.3) is 0 Å². The number of esters is 1. The third kappa shape index (κ3) is 5.51. The van der Waals surface area contributed by atoms with Gasteiger partial charge in [-0.05, 0) is 13.3 Å². The summed E-state index contributed by atoms with van der Waals surface area (Å²) in [7, 11) is 0. The molecule has 0 aromatic heterocycles. The SMILES string of the molecule is CCOC(=O)[C@H](C)CC.[CaH2]. The Balaban J connectivity index is 0. The predicted octanol–water partition coefficient (Wildman–Crippen LogP) is 0.679. The van der Waals surface area contributed by atoms with Crippen LogP contribution < -0.4 is 0 Å². The van der Waals surface area contributed by atoms with Gasteiger partial charge in [-0.25, -0.2) is 0 Å². The van der Waals surface area contributed by atoms with E-state index in [-0.39, 0.29) is 49.6 Å². The van der Waals surface area contributed by atoms with Gasteiger partial charge in [0.05, 0.1) is 12.5 Å². The van der Waals surface area contributed by atoms with Gasteiger partial charge < -0.3 is 4.74 Å². The molecule has 0 saturated heterocycles. The van der Waals surface area contributed by atoms with Crippen molar-refractivity contribution in [3.05, 3.63) is 0 Å². The van der Waals surface area contributed by atoms with Crippen molar-refractivity contribution in [2.24, 2.45) is 5.92 Å². The van der Waals surface area contributed by atoms with Crippen LogP contribution in [0.3, 0.4) is 0 Å². The summed E-state index contributed by atoms with van der Waals surface area (Å²) in [5, 5.41) is 0. The number of rotatable bonds is 3. The van der Waals surface area contributed by atoms with Crippen LogP contribution in [0.25, 0.3) is 0 Å². The molecular formula is C7H16CaO2. The molecule has 3 heteroatoms. The van der Waals surface area contributed by atoms with E-state index in [1.807, 2.05) is 20.8 Å². The van der Waals surface area contributed by atoms with E-state index < -0.39 is 0 Å². The van der Waals surface area contributed by atoms with Gasteiger partial charge in [0.2, 0.25) is 0 Å². The summed E-state index contributed by atoms with van der Waals surface area (Å²) < 4.78 is 4.76. The second-order valence-electron chi connectivity index (χ2n) is 2.06. The Morgan fingerprint density at radius 2 is 2.00 bits per heavy atom. The molecular weight excluding hydrogens is 156 g/mol. The third-order valence-electron chi connectivity index (χ3n) is 1.30. The van der Waals surface area contributed by atoms with E-state index in [9.17, 15) is 4.79 Å². The number of hydrogen-bond donors (Lipinski definition) is 0. The van der Waals surface area contributed by atoms with E-state index in [0.29, 0.717) is 6.61 Å². The van der Waals surface area contributed by atoms with E-state index in [0.717, 1.165) is 6.42 Å². The first-order valence-corrected chi connectivity index (χ1v) is 3.39. The first-order chi connectivity index (χ1) is 4.22. The Labute approximate surface area is 92.3 Å². The fourth-order valence-electron chi connectivity index (χ4n) is 0.451. The maximum atomic E-state index is 10.8. The zero-order chi connectivity index (χ0) is 7.28. The molecule has 0 bridgehead atoms. The first-order valence-electron chi connectivity index (χ1n) is 3.39. The molecule has 1 atom stereocenters. The van der Waals surface area contributed by atoms with Crippen LogP contribution in [0, 0.1) is 5.92 Å². The summed E-state index contributed by atoms with van der Waals surface area (Å²) in [6.07, 6.45) is 0.860. The van der Waals surface area contributed by atoms with Crippen molar-refractivity contribution in [3.8, 4) is 0 Å². The minimum atomic E-state index is -0.0833. The van der Waals surface area contributed by atoms with Crippen molar-refractivity contribution in [1.29, 1.82) is 0 Å². The van der Waals surface area contributed by atoms with E-state index >= 15 is 0 Å². The van der Waals surface area contributed by atoms with Crippen LogP contribution in [0.15, 0.2) is 0 Å². The van der Waals surface area contributed by atoms with Gasteiger partial charge in [0.1, 0.15) is 0 Å². The van der Waals surface area contributed by atoms with Crippen molar-refractivity contribution in [1.82, 2.24) is 0 Å². The second kappa shape index (κ2) is 7.83. The van der Waals surface area contributed by atoms with Crippen LogP contribution in [0.4, 0.5) is 0 Å². The normalized spacial score (nSPS) is 11.5. The summed E-state index contributed by atoms with van der Waals surface area (Å²) in [5.74, 6) is -0.0232. The number of ether oxygens (including phenoxy) is 1. The quantitative estimate of drug-likeness (QED) is 0.462. The minimum absolute atomic E-state index is 0. The molecule has 0 fully saturated rings. The molecule has 10 heavy (non-hydrogen) atoms. The fraction of sp³-hybridized carbons (Fsp3) is 0.857. The molecule has 0 N–H and O–H groups in total. The van der Waals surface area contributed by atoms with Gasteiger partial charge in [0.15, 0.2) is 0 Å². The number of carbonyl (C=O) groups is 1. The molecule has 0 amide bonds. The Morgan fingerprint density at radius 3 is 2.30 bits per heavy atom. The van der Waals surface area contributed by atoms with Gasteiger partial charge in [-0.15, -0.1) is 0 Å². The van der Waals surface area contributed by atoms with Gasteiger partial charge in [0, 0.05) is 0 Å². The number of carbonyl (C=O) groups excluding carboxylic acids is 1. The molecule has 0 spiro atoms. The molecule has 58 valence electrons. The molecule has 0 saturated carbocycles. The van der Waals surface area contributed by atoms with Crippen molar-refractivity contribution in [3.63, 3.8) is 0 Å². The molecule has 0 radical (unpaired) electrons. The van der Waals surface area contributed by atoms with Gasteiger partial charge in [-0.3, -0.25) is 4.79 Å². The fourth-order valence-corrected chi connectivity index (χ4v) is 0.451. The van der Waals surface area contributed by atoms with Crippen LogP contribution in [0.1, 0.15) is 27.2 Å². The van der Waals surface area contributed by atoms with Crippen LogP contribution >= 0.6 is 0 Å². The van der Waals surface area contributed by atoms with E-state index in [4.69, 9.17) is 4.74 Å². The Morgan fingerprint density at radius 1 is 1.50 bits per heavy atom. The standard InChI is InChI=1S/C7H14O2.Ca.2H/c1-4-6(3)7(8)9-5-2;;;/h6H,4-5H2,1-3H3;;;/t6-;;;/m1.../s1. The van der Waals surface area contributed by atoms with Crippen LogP contribution in [0.5, 0.6) is 0 Å². The van der Waals surface area contributed by atoms with Gasteiger partial charge >= 0.3 is 43.7 Å². The summed E-state index contributed by atoms with van der Waals surface area (Å²) in [6, 6.07) is 0. The van der Waals surface area contributed by atoms with Gasteiger partial charge in [-0.1, -0.05) is 13.8 Å². The van der Waals surface area contributed by atoms with E-state index in [1.165, 1.54) is 0 Å². The maximum absolute atomic E-state index is 10.8. The van der Waals surface area contributed by atoms with Crippen LogP contribution in [-0.4, -0.2) is 50.3 Å². The summed E-state index contributed by atoms with van der Waals surface area (Å²) in [6.45, 7) is 6.16. The van der Waals surface area contributed by atoms with Crippen molar-refractivity contribution < 1.29 is 9.53 Å². The Hall–Kier alpha value is 0.730. The average Bonchev–Trinajstić information content (AvgIpc) is 1.87. The molecule has 0 aliphatic rings. The number of hydrogen-bond acceptors (Lipinski definition) is 2. The zero-order valence-corrected chi connectivity index (χ0v) is 6.31. The van der Waals surface area contributed by atoms with Crippen LogP contribution in [-0.2, 0) is 9.53 Å². The van der Waals surface area contributed by atoms with Crippen molar-refractivity contribution >= 4 is 43.7 Å². The van der Waals surface area contributed by atoms with Crippen molar-refractivity contribution in [2.45, 2.75) is 27.2 Å². The second-order valence-corrected chi connectivity index (χ2v) is 2.06. The molecule has 0 aromatic rings. The predicted molar refractivity (Wildman–Crippen MR) is 44.6 cm³/mol. The summed E-state index contributed by atoms with van der Waals surface area (Å²) in [5.41, 5.74) is 0. The molecule has 0 heterocycles. The molecule has 0 rings (SSSR count). The van der Waals surface area contributed by atoms with Crippen LogP contribution in [0.2, 0.25) is 0 Å². The molecule has 2 nitrogen and oxygen atoms in total. The van der Waals surface area contributed by atoms with E-state index in [2.05, 4.69) is 0 Å². The third-order valence-corrected chi connectivity index (χ3v) is 1.30. The average molecular weight is 172 g/mol. The Kier molecular flexibility index (Phi) is 10.4. The van der Waals surface area contributed by atoms with Gasteiger partial charge in [-0.2, -0.15) is 0 Å². The van der Waals surface area contributed by atoms with Crippen molar-refractivity contribution in [2.75, 3.05) is 6.61 Å². The molecule has 0 aliphatic heterocycles. The summed E-state index contributed by atoms with van der Waals surface area (Å²) >= 11 is 0.